The second-order valence-electron chi connectivity index (χ2n) is 6.82. The highest BCUT2D eigenvalue weighted by Gasteiger charge is 2.50. The Balaban J connectivity index is 2.56. The average molecular weight is 315 g/mol. The summed E-state index contributed by atoms with van der Waals surface area (Å²) in [6.45, 7) is 6.45. The summed E-state index contributed by atoms with van der Waals surface area (Å²) in [5.74, 6) is 0.168. The quantitative estimate of drug-likeness (QED) is 0.805. The van der Waals surface area contributed by atoms with Crippen molar-refractivity contribution in [2.45, 2.75) is 32.2 Å². The van der Waals surface area contributed by atoms with Crippen LogP contribution in [0.3, 0.4) is 0 Å². The summed E-state index contributed by atoms with van der Waals surface area (Å²) in [5, 5.41) is 11.2. The smallest absolute Gasteiger partial charge is 0.258 e. The van der Waals surface area contributed by atoms with Crippen LogP contribution in [0.25, 0.3) is 0 Å². The molecule has 1 atom stereocenters. The van der Waals surface area contributed by atoms with Crippen LogP contribution in [0.1, 0.15) is 27.2 Å². The molecule has 0 aliphatic heterocycles. The van der Waals surface area contributed by atoms with E-state index in [0.717, 1.165) is 16.8 Å². The van der Waals surface area contributed by atoms with Gasteiger partial charge in [-0.2, -0.15) is 0 Å². The maximum absolute atomic E-state index is 11.9. The van der Waals surface area contributed by atoms with Crippen molar-refractivity contribution < 1.29 is 9.90 Å². The SMILES string of the molecule is C[C@H](CO)CC(C)(C)[Si](O)(c1ccccc1)c1ccccc1. The minimum absolute atomic E-state index is 0.150. The molecule has 0 unspecified atom stereocenters. The van der Waals surface area contributed by atoms with Gasteiger partial charge >= 0.3 is 0 Å². The molecule has 0 radical (unpaired) electrons. The zero-order valence-corrected chi connectivity index (χ0v) is 14.7. The van der Waals surface area contributed by atoms with E-state index in [2.05, 4.69) is 13.8 Å². The van der Waals surface area contributed by atoms with Gasteiger partial charge in [0.05, 0.1) is 0 Å². The van der Waals surface area contributed by atoms with Crippen molar-refractivity contribution in [3.8, 4) is 0 Å². The first-order valence-corrected chi connectivity index (χ1v) is 9.81. The molecular formula is C19H26O2Si. The fourth-order valence-corrected chi connectivity index (χ4v) is 7.28. The third-order valence-corrected chi connectivity index (χ3v) is 9.03. The van der Waals surface area contributed by atoms with Gasteiger partial charge in [0.25, 0.3) is 8.32 Å². The normalized spacial score (nSPS) is 13.9. The molecule has 118 valence electrons. The molecule has 2 N–H and O–H groups in total. The number of hydrogen-bond donors (Lipinski definition) is 2. The van der Waals surface area contributed by atoms with Gasteiger partial charge in [-0.3, -0.25) is 0 Å². The van der Waals surface area contributed by atoms with Crippen LogP contribution in [0.5, 0.6) is 0 Å². The molecule has 0 aliphatic rings. The van der Waals surface area contributed by atoms with E-state index >= 15 is 0 Å². The second kappa shape index (κ2) is 6.78. The van der Waals surface area contributed by atoms with Gasteiger partial charge in [0.15, 0.2) is 0 Å². The van der Waals surface area contributed by atoms with Crippen LogP contribution in [-0.2, 0) is 0 Å². The Bertz CT molecular complexity index is 541. The molecule has 0 saturated heterocycles. The number of rotatable bonds is 6. The molecule has 0 bridgehead atoms. The van der Waals surface area contributed by atoms with E-state index in [1.807, 2.05) is 67.6 Å². The van der Waals surface area contributed by atoms with Gasteiger partial charge in [-0.05, 0) is 27.8 Å². The molecule has 2 aromatic rings. The Labute approximate surface area is 134 Å². The van der Waals surface area contributed by atoms with Crippen LogP contribution >= 0.6 is 0 Å². The molecule has 22 heavy (non-hydrogen) atoms. The zero-order chi connectivity index (χ0) is 16.2. The predicted octanol–water partition coefficient (Wildman–Crippen LogP) is 2.54. The van der Waals surface area contributed by atoms with Gasteiger partial charge < -0.3 is 9.90 Å². The van der Waals surface area contributed by atoms with Crippen molar-refractivity contribution in [1.29, 1.82) is 0 Å². The lowest BCUT2D eigenvalue weighted by atomic mass is 9.99. The van der Waals surface area contributed by atoms with Gasteiger partial charge in [0, 0.05) is 6.61 Å². The Morgan fingerprint density at radius 2 is 1.32 bits per heavy atom. The molecule has 2 nitrogen and oxygen atoms in total. The lowest BCUT2D eigenvalue weighted by Crippen LogP contribution is -2.65. The van der Waals surface area contributed by atoms with E-state index in [0.29, 0.717) is 0 Å². The van der Waals surface area contributed by atoms with Crippen molar-refractivity contribution in [3.63, 3.8) is 0 Å². The van der Waals surface area contributed by atoms with Crippen molar-refractivity contribution in [2.24, 2.45) is 5.92 Å². The average Bonchev–Trinajstić information content (AvgIpc) is 2.55. The number of benzene rings is 2. The highest BCUT2D eigenvalue weighted by molar-refractivity contribution is 6.98. The molecule has 0 aromatic heterocycles. The summed E-state index contributed by atoms with van der Waals surface area (Å²) in [7, 11) is -2.92. The van der Waals surface area contributed by atoms with E-state index < -0.39 is 8.32 Å². The monoisotopic (exact) mass is 314 g/mol. The number of aliphatic hydroxyl groups excluding tert-OH is 1. The molecule has 0 amide bonds. The van der Waals surface area contributed by atoms with Crippen LogP contribution < -0.4 is 10.4 Å². The van der Waals surface area contributed by atoms with Gasteiger partial charge in [0.1, 0.15) is 0 Å². The molecule has 0 spiro atoms. The largest absolute Gasteiger partial charge is 0.424 e. The lowest BCUT2D eigenvalue weighted by molar-refractivity contribution is 0.216. The first kappa shape index (κ1) is 16.9. The first-order chi connectivity index (χ1) is 10.4. The fraction of sp³-hybridized carbons (Fsp3) is 0.368. The third-order valence-electron chi connectivity index (χ3n) is 4.53. The van der Waals surface area contributed by atoms with Crippen molar-refractivity contribution in [1.82, 2.24) is 0 Å². The highest BCUT2D eigenvalue weighted by Crippen LogP contribution is 2.41. The highest BCUT2D eigenvalue weighted by atomic mass is 28.4. The minimum Gasteiger partial charge on any atom is -0.424 e. The van der Waals surface area contributed by atoms with E-state index in [-0.39, 0.29) is 17.6 Å². The number of hydrogen-bond acceptors (Lipinski definition) is 2. The first-order valence-electron chi connectivity index (χ1n) is 7.86. The van der Waals surface area contributed by atoms with Gasteiger partial charge in [0.2, 0.25) is 0 Å². The fourth-order valence-electron chi connectivity index (χ4n) is 3.39. The van der Waals surface area contributed by atoms with Crippen molar-refractivity contribution in [3.05, 3.63) is 60.7 Å². The summed E-state index contributed by atoms with van der Waals surface area (Å²) >= 11 is 0. The molecule has 0 heterocycles. The molecule has 0 fully saturated rings. The Morgan fingerprint density at radius 1 is 0.909 bits per heavy atom. The summed E-state index contributed by atoms with van der Waals surface area (Å²) in [5.41, 5.74) is 0. The molecule has 0 aliphatic carbocycles. The molecular weight excluding hydrogens is 288 g/mol. The summed E-state index contributed by atoms with van der Waals surface area (Å²) in [4.78, 5) is 11.9. The molecule has 0 saturated carbocycles. The van der Waals surface area contributed by atoms with Crippen molar-refractivity contribution in [2.75, 3.05) is 6.61 Å². The maximum atomic E-state index is 11.9. The van der Waals surface area contributed by atoms with Crippen molar-refractivity contribution >= 4 is 18.7 Å². The number of aliphatic hydroxyl groups is 1. The Hall–Kier alpha value is -1.42. The van der Waals surface area contributed by atoms with E-state index in [1.54, 1.807) is 0 Å². The van der Waals surface area contributed by atoms with Crippen LogP contribution in [-0.4, -0.2) is 24.8 Å². The van der Waals surface area contributed by atoms with Crippen LogP contribution in [0, 0.1) is 5.92 Å². The van der Waals surface area contributed by atoms with Crippen LogP contribution in [0.2, 0.25) is 5.04 Å². The van der Waals surface area contributed by atoms with E-state index in [1.165, 1.54) is 0 Å². The summed E-state index contributed by atoms with van der Waals surface area (Å²) in [6.07, 6.45) is 0.788. The predicted molar refractivity (Wildman–Crippen MR) is 95.0 cm³/mol. The van der Waals surface area contributed by atoms with Gasteiger partial charge in [-0.1, -0.05) is 81.4 Å². The molecule has 2 aromatic carbocycles. The molecule has 2 rings (SSSR count). The third kappa shape index (κ3) is 3.17. The second-order valence-corrected chi connectivity index (χ2v) is 10.7. The lowest BCUT2D eigenvalue weighted by Gasteiger charge is -2.42. The Kier molecular flexibility index (Phi) is 5.22. The van der Waals surface area contributed by atoms with Crippen LogP contribution in [0.4, 0.5) is 0 Å². The van der Waals surface area contributed by atoms with Crippen LogP contribution in [0.15, 0.2) is 60.7 Å². The standard InChI is InChI=1S/C19H26O2Si/c1-16(15-20)14-19(2,3)22(21,17-10-6-4-7-11-17)18-12-8-5-9-13-18/h4-13,16,20-21H,14-15H2,1-3H3/t16-/m0/s1. The minimum atomic E-state index is -2.92. The maximum Gasteiger partial charge on any atom is 0.258 e. The Morgan fingerprint density at radius 3 is 1.68 bits per heavy atom. The topological polar surface area (TPSA) is 40.5 Å². The summed E-state index contributed by atoms with van der Waals surface area (Å²) < 4.78 is 0. The van der Waals surface area contributed by atoms with Gasteiger partial charge in [-0.15, -0.1) is 0 Å². The summed E-state index contributed by atoms with van der Waals surface area (Å²) in [6, 6.07) is 20.0. The van der Waals surface area contributed by atoms with E-state index in [9.17, 15) is 9.90 Å². The zero-order valence-electron chi connectivity index (χ0n) is 13.7. The van der Waals surface area contributed by atoms with E-state index in [4.69, 9.17) is 0 Å². The van der Waals surface area contributed by atoms with Gasteiger partial charge in [-0.25, -0.2) is 0 Å². The molecule has 3 heteroatoms.